The van der Waals surface area contributed by atoms with Crippen LogP contribution in [0.3, 0.4) is 0 Å². The van der Waals surface area contributed by atoms with Gasteiger partial charge in [-0.3, -0.25) is 0 Å². The van der Waals surface area contributed by atoms with Crippen molar-refractivity contribution in [2.24, 2.45) is 0 Å². The minimum absolute atomic E-state index is 0.0417. The van der Waals surface area contributed by atoms with E-state index in [1.165, 1.54) is 0 Å². The van der Waals surface area contributed by atoms with Crippen LogP contribution >= 0.6 is 0 Å². The summed E-state index contributed by atoms with van der Waals surface area (Å²) in [6.07, 6.45) is 0. The molecule has 0 aliphatic rings. The van der Waals surface area contributed by atoms with Crippen molar-refractivity contribution in [2.75, 3.05) is 65.7 Å². The molecule has 0 heterocycles. The second kappa shape index (κ2) is 9.95. The summed E-state index contributed by atoms with van der Waals surface area (Å²) < 4.78 is 0.502. The van der Waals surface area contributed by atoms with Crippen LogP contribution in [0.25, 0.3) is 0 Å². The summed E-state index contributed by atoms with van der Waals surface area (Å²) in [6, 6.07) is 0. The minimum Gasteiger partial charge on any atom is -0.395 e. The van der Waals surface area contributed by atoms with Gasteiger partial charge < -0.3 is 30.2 Å². The highest BCUT2D eigenvalue weighted by molar-refractivity contribution is 4.50. The van der Waals surface area contributed by atoms with E-state index in [4.69, 9.17) is 20.4 Å². The smallest absolute Gasteiger partial charge is 0.102 e. The Morgan fingerprint density at radius 1 is 0.625 bits per heavy atom. The Labute approximate surface area is 96.7 Å². The third-order valence-electron chi connectivity index (χ3n) is 2.77. The summed E-state index contributed by atoms with van der Waals surface area (Å²) in [6.45, 7) is 3.77. The molecule has 5 N–H and O–H groups in total. The summed E-state index contributed by atoms with van der Waals surface area (Å²) in [5, 5.41) is 38.7. The van der Waals surface area contributed by atoms with Crippen molar-refractivity contribution >= 4 is 0 Å². The zero-order valence-electron chi connectivity index (χ0n) is 9.81. The van der Waals surface area contributed by atoms with E-state index in [0.29, 0.717) is 37.2 Å². The van der Waals surface area contributed by atoms with Crippen LogP contribution < -0.4 is 5.32 Å². The molecule has 0 aliphatic heterocycles. The number of rotatable bonds is 11. The van der Waals surface area contributed by atoms with Gasteiger partial charge in [0, 0.05) is 13.1 Å². The van der Waals surface area contributed by atoms with Gasteiger partial charge in [-0.2, -0.15) is 0 Å². The molecule has 0 spiro atoms. The first-order valence-electron chi connectivity index (χ1n) is 5.74. The van der Waals surface area contributed by atoms with Crippen LogP contribution in [0.2, 0.25) is 0 Å². The molecule has 0 aromatic rings. The highest BCUT2D eigenvalue weighted by Crippen LogP contribution is 2.04. The molecule has 0 aliphatic carbocycles. The number of aliphatic hydroxyl groups is 4. The number of nitrogens with zero attached hydrogens (tertiary/aromatic N) is 1. The third-order valence-corrected chi connectivity index (χ3v) is 2.77. The topological polar surface area (TPSA) is 93.0 Å². The van der Waals surface area contributed by atoms with Gasteiger partial charge in [-0.1, -0.05) is 0 Å². The van der Waals surface area contributed by atoms with Gasteiger partial charge in [0.15, 0.2) is 0 Å². The highest BCUT2D eigenvalue weighted by atomic mass is 16.3. The van der Waals surface area contributed by atoms with E-state index in [2.05, 4.69) is 5.32 Å². The monoisotopic (exact) mass is 237 g/mol. The first kappa shape index (κ1) is 15.8. The van der Waals surface area contributed by atoms with Crippen LogP contribution in [0.1, 0.15) is 0 Å². The molecule has 98 valence electrons. The van der Waals surface area contributed by atoms with E-state index >= 15 is 0 Å². The minimum atomic E-state index is 0.0417. The number of hydrogen-bond acceptors (Lipinski definition) is 5. The Bertz CT molecular complexity index is 141. The average molecular weight is 237 g/mol. The summed E-state index contributed by atoms with van der Waals surface area (Å²) in [4.78, 5) is 0. The van der Waals surface area contributed by atoms with Crippen LogP contribution in [-0.2, 0) is 0 Å². The van der Waals surface area contributed by atoms with E-state index in [0.717, 1.165) is 6.54 Å². The van der Waals surface area contributed by atoms with Gasteiger partial charge >= 0.3 is 0 Å². The molecule has 0 unspecified atom stereocenters. The normalized spacial score (nSPS) is 12.0. The van der Waals surface area contributed by atoms with Crippen molar-refractivity contribution in [1.29, 1.82) is 0 Å². The fourth-order valence-electron chi connectivity index (χ4n) is 1.83. The summed E-state index contributed by atoms with van der Waals surface area (Å²) in [7, 11) is 0. The van der Waals surface area contributed by atoms with Gasteiger partial charge in [-0.05, 0) is 0 Å². The molecule has 0 aromatic heterocycles. The van der Waals surface area contributed by atoms with Gasteiger partial charge in [-0.15, -0.1) is 0 Å². The molecule has 0 atom stereocenters. The number of aliphatic hydroxyl groups excluding tert-OH is 4. The Hall–Kier alpha value is -0.240. The Morgan fingerprint density at radius 3 is 1.50 bits per heavy atom. The lowest BCUT2D eigenvalue weighted by Gasteiger charge is -2.37. The molecule has 0 radical (unpaired) electrons. The maximum atomic E-state index is 9.02. The fourth-order valence-corrected chi connectivity index (χ4v) is 1.83. The lowest BCUT2D eigenvalue weighted by Crippen LogP contribution is -2.56. The lowest BCUT2D eigenvalue weighted by atomic mass is 10.3. The second-order valence-corrected chi connectivity index (χ2v) is 3.88. The van der Waals surface area contributed by atoms with Crippen LogP contribution in [0.4, 0.5) is 0 Å². The quantitative estimate of drug-likeness (QED) is 0.200. The highest BCUT2D eigenvalue weighted by Gasteiger charge is 2.25. The van der Waals surface area contributed by atoms with Gasteiger partial charge in [-0.25, -0.2) is 0 Å². The second-order valence-electron chi connectivity index (χ2n) is 3.88. The number of nitrogens with one attached hydrogen (secondary N) is 1. The number of hydrogen-bond donors (Lipinski definition) is 5. The first-order valence-corrected chi connectivity index (χ1v) is 5.74. The van der Waals surface area contributed by atoms with Gasteiger partial charge in [0.05, 0.1) is 33.0 Å². The molecule has 6 nitrogen and oxygen atoms in total. The molecule has 0 fully saturated rings. The zero-order valence-corrected chi connectivity index (χ0v) is 9.81. The largest absolute Gasteiger partial charge is 0.395 e. The van der Waals surface area contributed by atoms with E-state index in [1.54, 1.807) is 0 Å². The van der Waals surface area contributed by atoms with Gasteiger partial charge in [0.1, 0.15) is 19.6 Å². The molecule has 0 saturated heterocycles. The van der Waals surface area contributed by atoms with Crippen LogP contribution in [0.15, 0.2) is 0 Å². The average Bonchev–Trinajstić information content (AvgIpc) is 2.26. The standard InChI is InChI=1S/C10H25N2O4/c13-7-2-11-1-3-12(4-8-14,5-9-15)6-10-16/h11,13-16H,1-10H2/q+1. The summed E-state index contributed by atoms with van der Waals surface area (Å²) in [5.74, 6) is 0. The Morgan fingerprint density at radius 2 is 1.12 bits per heavy atom. The molecule has 0 amide bonds. The maximum absolute atomic E-state index is 9.02. The lowest BCUT2D eigenvalue weighted by molar-refractivity contribution is -0.927. The Balaban J connectivity index is 4.12. The maximum Gasteiger partial charge on any atom is 0.102 e. The molecule has 6 heteroatoms. The van der Waals surface area contributed by atoms with Crippen molar-refractivity contribution in [3.63, 3.8) is 0 Å². The Kier molecular flexibility index (Phi) is 9.80. The van der Waals surface area contributed by atoms with Crippen molar-refractivity contribution in [2.45, 2.75) is 0 Å². The summed E-state index contributed by atoms with van der Waals surface area (Å²) >= 11 is 0. The number of quaternary nitrogens is 1. The molecular formula is C10H25N2O4+. The van der Waals surface area contributed by atoms with Crippen LogP contribution in [0.5, 0.6) is 0 Å². The predicted octanol–water partition coefficient (Wildman–Crippen LogP) is -2.64. The van der Waals surface area contributed by atoms with Crippen LogP contribution in [0, 0.1) is 0 Å². The van der Waals surface area contributed by atoms with Crippen molar-refractivity contribution in [3.05, 3.63) is 0 Å². The van der Waals surface area contributed by atoms with E-state index in [1.807, 2.05) is 0 Å². The van der Waals surface area contributed by atoms with Gasteiger partial charge in [0.2, 0.25) is 0 Å². The predicted molar refractivity (Wildman–Crippen MR) is 60.9 cm³/mol. The zero-order chi connectivity index (χ0) is 12.3. The molecule has 0 saturated carbocycles. The molecule has 0 bridgehead atoms. The van der Waals surface area contributed by atoms with Crippen molar-refractivity contribution in [3.8, 4) is 0 Å². The first-order chi connectivity index (χ1) is 7.74. The molecule has 0 aromatic carbocycles. The van der Waals surface area contributed by atoms with E-state index < -0.39 is 0 Å². The molecule has 16 heavy (non-hydrogen) atoms. The van der Waals surface area contributed by atoms with Crippen molar-refractivity contribution < 1.29 is 24.9 Å². The molecule has 0 rings (SSSR count). The SMILES string of the molecule is OCCNCC[N+](CCO)(CCO)CCO. The fraction of sp³-hybridized carbons (Fsp3) is 1.00. The van der Waals surface area contributed by atoms with Crippen LogP contribution in [-0.4, -0.2) is 90.6 Å². The third kappa shape index (κ3) is 6.37. The van der Waals surface area contributed by atoms with E-state index in [9.17, 15) is 0 Å². The van der Waals surface area contributed by atoms with Crippen molar-refractivity contribution in [1.82, 2.24) is 5.32 Å². The molecular weight excluding hydrogens is 212 g/mol. The summed E-state index contributed by atoms with van der Waals surface area (Å²) in [5.41, 5.74) is 0. The van der Waals surface area contributed by atoms with Gasteiger partial charge in [0.25, 0.3) is 0 Å². The van der Waals surface area contributed by atoms with E-state index in [-0.39, 0.29) is 26.4 Å².